The van der Waals surface area contributed by atoms with E-state index in [1.165, 1.54) is 12.4 Å². The Labute approximate surface area is 173 Å². The van der Waals surface area contributed by atoms with Gasteiger partial charge in [-0.25, -0.2) is 9.97 Å². The number of nitrogens with zero attached hydrogens (tertiary/aromatic N) is 3. The summed E-state index contributed by atoms with van der Waals surface area (Å²) in [5, 5.41) is 14.3. The lowest BCUT2D eigenvalue weighted by atomic mass is 10.1. The number of hydrogen-bond acceptors (Lipinski definition) is 6. The van der Waals surface area contributed by atoms with Crippen molar-refractivity contribution in [2.24, 2.45) is 0 Å². The van der Waals surface area contributed by atoms with Crippen molar-refractivity contribution in [1.29, 1.82) is 5.26 Å². The second-order valence-corrected chi connectivity index (χ2v) is 6.28. The van der Waals surface area contributed by atoms with Gasteiger partial charge in [0, 0.05) is 36.6 Å². The number of carbonyl (C=O) groups is 2. The van der Waals surface area contributed by atoms with Crippen molar-refractivity contribution in [2.45, 2.75) is 13.1 Å². The molecule has 0 saturated carbocycles. The average Bonchev–Trinajstić information content (AvgIpc) is 2.81. The molecule has 3 rings (SSSR count). The van der Waals surface area contributed by atoms with Crippen molar-refractivity contribution >= 4 is 11.8 Å². The van der Waals surface area contributed by atoms with Crippen molar-refractivity contribution in [1.82, 2.24) is 20.6 Å². The Hall–Kier alpha value is -4.25. The highest BCUT2D eigenvalue weighted by molar-refractivity contribution is 5.94. The second kappa shape index (κ2) is 9.80. The van der Waals surface area contributed by atoms with Gasteiger partial charge in [-0.1, -0.05) is 30.3 Å². The van der Waals surface area contributed by atoms with Crippen LogP contribution in [0.3, 0.4) is 0 Å². The number of amides is 2. The van der Waals surface area contributed by atoms with Crippen molar-refractivity contribution in [3.63, 3.8) is 0 Å². The molecular weight excluding hydrogens is 382 g/mol. The second-order valence-electron chi connectivity index (χ2n) is 6.28. The van der Waals surface area contributed by atoms with Crippen LogP contribution in [0.5, 0.6) is 5.75 Å². The van der Waals surface area contributed by atoms with Gasteiger partial charge >= 0.3 is 0 Å². The lowest BCUT2D eigenvalue weighted by Gasteiger charge is -2.10. The average molecular weight is 401 g/mol. The minimum absolute atomic E-state index is 0.00567. The van der Waals surface area contributed by atoms with Crippen LogP contribution in [0.25, 0.3) is 0 Å². The fourth-order valence-corrected chi connectivity index (χ4v) is 2.69. The predicted octanol–water partition coefficient (Wildman–Crippen LogP) is 2.22. The van der Waals surface area contributed by atoms with Crippen LogP contribution in [0.2, 0.25) is 0 Å². The molecule has 30 heavy (non-hydrogen) atoms. The van der Waals surface area contributed by atoms with Crippen molar-refractivity contribution < 1.29 is 14.3 Å². The normalized spacial score (nSPS) is 10.0. The fraction of sp³-hybridized carbons (Fsp3) is 0.136. The first-order valence-electron chi connectivity index (χ1n) is 9.10. The molecule has 0 bridgehead atoms. The van der Waals surface area contributed by atoms with Gasteiger partial charge in [0.05, 0.1) is 12.7 Å². The molecule has 0 aliphatic rings. The lowest BCUT2D eigenvalue weighted by molar-refractivity contribution is 0.0941. The number of carbonyl (C=O) groups excluding carboxylic acids is 2. The number of rotatable bonds is 7. The first-order chi connectivity index (χ1) is 14.6. The predicted molar refractivity (Wildman–Crippen MR) is 109 cm³/mol. The number of para-hydroxylation sites is 1. The molecule has 0 atom stereocenters. The first-order valence-corrected chi connectivity index (χ1v) is 9.10. The van der Waals surface area contributed by atoms with E-state index in [-0.39, 0.29) is 29.7 Å². The van der Waals surface area contributed by atoms with Crippen LogP contribution in [-0.2, 0) is 13.1 Å². The summed E-state index contributed by atoms with van der Waals surface area (Å²) in [6, 6.07) is 16.2. The van der Waals surface area contributed by atoms with E-state index in [9.17, 15) is 9.59 Å². The maximum atomic E-state index is 12.4. The molecule has 2 N–H and O–H groups in total. The lowest BCUT2D eigenvalue weighted by Crippen LogP contribution is -2.24. The van der Waals surface area contributed by atoms with E-state index in [0.717, 1.165) is 16.9 Å². The zero-order chi connectivity index (χ0) is 21.3. The van der Waals surface area contributed by atoms with E-state index in [2.05, 4.69) is 20.6 Å². The Bertz CT molecular complexity index is 1070. The summed E-state index contributed by atoms with van der Waals surface area (Å²) in [6.45, 7) is 0.634. The molecule has 0 aliphatic carbocycles. The maximum absolute atomic E-state index is 12.4. The smallest absolute Gasteiger partial charge is 0.254 e. The monoisotopic (exact) mass is 401 g/mol. The van der Waals surface area contributed by atoms with Gasteiger partial charge in [-0.05, 0) is 23.8 Å². The maximum Gasteiger partial charge on any atom is 0.254 e. The molecule has 0 unspecified atom stereocenters. The zero-order valence-corrected chi connectivity index (χ0v) is 16.3. The van der Waals surface area contributed by atoms with E-state index in [1.54, 1.807) is 37.4 Å². The SMILES string of the molecule is COc1ccccc1CNC(=O)c1ccc(CNC(=O)c2cnc(C#N)nc2)cc1. The number of nitriles is 1. The molecule has 8 heteroatoms. The third-order valence-corrected chi connectivity index (χ3v) is 4.32. The van der Waals surface area contributed by atoms with Gasteiger partial charge in [0.2, 0.25) is 5.82 Å². The summed E-state index contributed by atoms with van der Waals surface area (Å²) >= 11 is 0. The molecule has 0 saturated heterocycles. The van der Waals surface area contributed by atoms with Gasteiger partial charge in [-0.3, -0.25) is 9.59 Å². The Morgan fingerprint density at radius 2 is 1.57 bits per heavy atom. The van der Waals surface area contributed by atoms with Crippen LogP contribution in [-0.4, -0.2) is 28.9 Å². The molecule has 0 spiro atoms. The summed E-state index contributed by atoms with van der Waals surface area (Å²) in [5.41, 5.74) is 2.50. The van der Waals surface area contributed by atoms with E-state index >= 15 is 0 Å². The van der Waals surface area contributed by atoms with E-state index in [1.807, 2.05) is 24.3 Å². The topological polar surface area (TPSA) is 117 Å². The van der Waals surface area contributed by atoms with Crippen molar-refractivity contribution in [3.8, 4) is 11.8 Å². The highest BCUT2D eigenvalue weighted by Gasteiger charge is 2.09. The summed E-state index contributed by atoms with van der Waals surface area (Å²) in [7, 11) is 1.59. The third kappa shape index (κ3) is 5.17. The molecule has 0 fully saturated rings. The summed E-state index contributed by atoms with van der Waals surface area (Å²) < 4.78 is 5.28. The number of aromatic nitrogens is 2. The quantitative estimate of drug-likeness (QED) is 0.627. The fourth-order valence-electron chi connectivity index (χ4n) is 2.69. The first kappa shape index (κ1) is 20.5. The Balaban J connectivity index is 1.53. The minimum Gasteiger partial charge on any atom is -0.496 e. The highest BCUT2D eigenvalue weighted by atomic mass is 16.5. The summed E-state index contributed by atoms with van der Waals surface area (Å²) in [6.07, 6.45) is 2.60. The molecule has 0 aliphatic heterocycles. The summed E-state index contributed by atoms with van der Waals surface area (Å²) in [4.78, 5) is 32.0. The number of ether oxygens (including phenoxy) is 1. The van der Waals surface area contributed by atoms with Gasteiger partial charge in [-0.15, -0.1) is 0 Å². The Morgan fingerprint density at radius 3 is 2.23 bits per heavy atom. The van der Waals surface area contributed by atoms with Crippen LogP contribution >= 0.6 is 0 Å². The largest absolute Gasteiger partial charge is 0.496 e. The number of methoxy groups -OCH3 is 1. The van der Waals surface area contributed by atoms with Crippen LogP contribution in [0.1, 0.15) is 37.7 Å². The third-order valence-electron chi connectivity index (χ3n) is 4.32. The van der Waals surface area contributed by atoms with Gasteiger partial charge in [0.25, 0.3) is 11.8 Å². The molecule has 1 heterocycles. The molecule has 2 aromatic carbocycles. The molecular formula is C22H19N5O3. The van der Waals surface area contributed by atoms with Gasteiger partial charge in [0.15, 0.2) is 0 Å². The van der Waals surface area contributed by atoms with Crippen molar-refractivity contribution in [2.75, 3.05) is 7.11 Å². The Kier molecular flexibility index (Phi) is 6.69. The highest BCUT2D eigenvalue weighted by Crippen LogP contribution is 2.17. The van der Waals surface area contributed by atoms with Gasteiger partial charge in [-0.2, -0.15) is 5.26 Å². The van der Waals surface area contributed by atoms with Crippen LogP contribution in [0.4, 0.5) is 0 Å². The van der Waals surface area contributed by atoms with Crippen LogP contribution < -0.4 is 15.4 Å². The Morgan fingerprint density at radius 1 is 0.933 bits per heavy atom. The number of nitrogens with one attached hydrogen (secondary N) is 2. The summed E-state index contributed by atoms with van der Waals surface area (Å²) in [5.74, 6) is 0.173. The van der Waals surface area contributed by atoms with E-state index in [4.69, 9.17) is 10.00 Å². The molecule has 0 radical (unpaired) electrons. The zero-order valence-electron chi connectivity index (χ0n) is 16.3. The molecule has 2 amide bonds. The van der Waals surface area contributed by atoms with Crippen LogP contribution in [0, 0.1) is 11.3 Å². The number of benzene rings is 2. The molecule has 150 valence electrons. The molecule has 8 nitrogen and oxygen atoms in total. The minimum atomic E-state index is -0.349. The molecule has 1 aromatic heterocycles. The van der Waals surface area contributed by atoms with Gasteiger partial charge < -0.3 is 15.4 Å². The molecule has 3 aromatic rings. The standard InChI is InChI=1S/C22H19N5O3/c1-30-19-5-3-2-4-17(19)12-27-21(28)16-8-6-15(7-9-16)11-26-22(29)18-13-24-20(10-23)25-14-18/h2-9,13-14H,11-12H2,1H3,(H,26,29)(H,27,28). The van der Waals surface area contributed by atoms with E-state index in [0.29, 0.717) is 12.1 Å². The number of hydrogen-bond donors (Lipinski definition) is 2. The van der Waals surface area contributed by atoms with Gasteiger partial charge in [0.1, 0.15) is 11.8 Å². The van der Waals surface area contributed by atoms with Crippen molar-refractivity contribution in [3.05, 3.63) is 89.0 Å². The van der Waals surface area contributed by atoms with E-state index < -0.39 is 0 Å². The van der Waals surface area contributed by atoms with Crippen LogP contribution in [0.15, 0.2) is 60.9 Å².